The van der Waals surface area contributed by atoms with Crippen molar-refractivity contribution < 1.29 is 0 Å². The molecular formula is C17H23IN2. The highest BCUT2D eigenvalue weighted by molar-refractivity contribution is 14.1. The Hall–Kier alpha value is -0.290. The number of benzene rings is 1. The molecule has 0 radical (unpaired) electrons. The van der Waals surface area contributed by atoms with Crippen molar-refractivity contribution in [3.05, 3.63) is 26.8 Å². The van der Waals surface area contributed by atoms with Crippen LogP contribution in [-0.4, -0.2) is 24.5 Å². The highest BCUT2D eigenvalue weighted by Crippen LogP contribution is 2.55. The number of nitrogens with two attached hydrogens (primary N) is 1. The van der Waals surface area contributed by atoms with Gasteiger partial charge in [-0.2, -0.15) is 0 Å². The lowest BCUT2D eigenvalue weighted by Crippen LogP contribution is -2.59. The number of likely N-dealkylation sites (N-methyl/N-ethyl adjacent to an activating group) is 1. The van der Waals surface area contributed by atoms with E-state index in [2.05, 4.69) is 46.7 Å². The molecule has 3 aliphatic rings. The fraction of sp³-hybridized carbons (Fsp3) is 0.647. The second kappa shape index (κ2) is 4.60. The van der Waals surface area contributed by atoms with Crippen LogP contribution in [0.5, 0.6) is 0 Å². The van der Waals surface area contributed by atoms with E-state index in [0.717, 1.165) is 17.6 Å². The van der Waals surface area contributed by atoms with Gasteiger partial charge in [0.25, 0.3) is 0 Å². The molecule has 3 atom stereocenters. The number of piperidine rings is 1. The maximum absolute atomic E-state index is 6.24. The van der Waals surface area contributed by atoms with E-state index in [4.69, 9.17) is 5.73 Å². The SMILES string of the molecule is CN1CC[C@]23CCCC[C@H]2[C@H]1Cc1cc(I)c(N)cc13. The van der Waals surface area contributed by atoms with Crippen molar-refractivity contribution in [3.8, 4) is 0 Å². The summed E-state index contributed by atoms with van der Waals surface area (Å²) in [5.74, 6) is 0.863. The predicted molar refractivity (Wildman–Crippen MR) is 91.9 cm³/mol. The highest BCUT2D eigenvalue weighted by atomic mass is 127. The second-order valence-corrected chi connectivity index (χ2v) is 8.20. The first-order valence-electron chi connectivity index (χ1n) is 7.90. The van der Waals surface area contributed by atoms with Gasteiger partial charge < -0.3 is 10.6 Å². The first kappa shape index (κ1) is 13.4. The largest absolute Gasteiger partial charge is 0.398 e. The van der Waals surface area contributed by atoms with Crippen LogP contribution in [0.1, 0.15) is 43.2 Å². The first-order chi connectivity index (χ1) is 9.62. The van der Waals surface area contributed by atoms with Gasteiger partial charge in [0.15, 0.2) is 0 Å². The van der Waals surface area contributed by atoms with E-state index in [1.165, 1.54) is 48.6 Å². The summed E-state index contributed by atoms with van der Waals surface area (Å²) in [6.45, 7) is 1.26. The van der Waals surface area contributed by atoms with Crippen LogP contribution < -0.4 is 5.73 Å². The Kier molecular flexibility index (Phi) is 3.08. The molecular weight excluding hydrogens is 359 g/mol. The summed E-state index contributed by atoms with van der Waals surface area (Å²) in [4.78, 5) is 2.63. The number of hydrogen-bond acceptors (Lipinski definition) is 2. The molecule has 0 amide bonds. The smallest absolute Gasteiger partial charge is 0.0452 e. The topological polar surface area (TPSA) is 29.3 Å². The van der Waals surface area contributed by atoms with Crippen molar-refractivity contribution >= 4 is 28.3 Å². The minimum atomic E-state index is 0.446. The average Bonchev–Trinajstić information content (AvgIpc) is 2.45. The Morgan fingerprint density at radius 1 is 1.30 bits per heavy atom. The van der Waals surface area contributed by atoms with Crippen molar-refractivity contribution in [2.45, 2.75) is 50.0 Å². The van der Waals surface area contributed by atoms with Gasteiger partial charge in [0, 0.05) is 20.7 Å². The van der Waals surface area contributed by atoms with Crippen molar-refractivity contribution in [2.75, 3.05) is 19.3 Å². The molecule has 1 saturated heterocycles. The fourth-order valence-corrected chi connectivity index (χ4v) is 5.77. The molecule has 1 saturated carbocycles. The molecule has 3 heteroatoms. The van der Waals surface area contributed by atoms with Crippen molar-refractivity contribution in [1.29, 1.82) is 0 Å². The fourth-order valence-electron chi connectivity index (χ4n) is 5.24. The Morgan fingerprint density at radius 3 is 3.00 bits per heavy atom. The lowest BCUT2D eigenvalue weighted by molar-refractivity contribution is 0.00288. The zero-order valence-electron chi connectivity index (χ0n) is 12.2. The number of nitrogen functional groups attached to an aromatic ring is 1. The van der Waals surface area contributed by atoms with E-state index in [9.17, 15) is 0 Å². The monoisotopic (exact) mass is 382 g/mol. The van der Waals surface area contributed by atoms with Gasteiger partial charge in [-0.1, -0.05) is 12.8 Å². The molecule has 0 aromatic heterocycles. The quantitative estimate of drug-likeness (QED) is 0.549. The highest BCUT2D eigenvalue weighted by Gasteiger charge is 2.53. The number of hydrogen-bond donors (Lipinski definition) is 1. The molecule has 0 unspecified atom stereocenters. The Bertz CT molecular complexity index is 556. The Labute approximate surface area is 135 Å². The van der Waals surface area contributed by atoms with Crippen LogP contribution in [0.15, 0.2) is 12.1 Å². The number of likely N-dealkylation sites (tertiary alicyclic amines) is 1. The third kappa shape index (κ3) is 1.71. The molecule has 2 aliphatic carbocycles. The zero-order chi connectivity index (χ0) is 13.9. The van der Waals surface area contributed by atoms with Crippen LogP contribution in [0.2, 0.25) is 0 Å². The summed E-state index contributed by atoms with van der Waals surface area (Å²) < 4.78 is 1.23. The van der Waals surface area contributed by atoms with Gasteiger partial charge in [0.05, 0.1) is 0 Å². The Balaban J connectivity index is 1.92. The third-order valence-corrected chi connectivity index (χ3v) is 7.16. The van der Waals surface area contributed by atoms with Gasteiger partial charge >= 0.3 is 0 Å². The molecule has 4 rings (SSSR count). The van der Waals surface area contributed by atoms with E-state index in [-0.39, 0.29) is 0 Å². The molecule has 2 N–H and O–H groups in total. The van der Waals surface area contributed by atoms with Gasteiger partial charge in [0.2, 0.25) is 0 Å². The second-order valence-electron chi connectivity index (χ2n) is 7.04. The number of anilines is 1. The molecule has 2 fully saturated rings. The van der Waals surface area contributed by atoms with Crippen molar-refractivity contribution in [2.24, 2.45) is 5.92 Å². The van der Waals surface area contributed by atoms with Crippen LogP contribution in [-0.2, 0) is 11.8 Å². The molecule has 2 nitrogen and oxygen atoms in total. The number of fused-ring (bicyclic) bond motifs is 1. The van der Waals surface area contributed by atoms with E-state index in [1.54, 1.807) is 11.1 Å². The summed E-state index contributed by atoms with van der Waals surface area (Å²) in [6.07, 6.45) is 8.19. The van der Waals surface area contributed by atoms with Crippen molar-refractivity contribution in [3.63, 3.8) is 0 Å². The normalized spacial score (nSPS) is 36.3. The van der Waals surface area contributed by atoms with E-state index in [1.807, 2.05) is 0 Å². The van der Waals surface area contributed by atoms with Crippen molar-refractivity contribution in [1.82, 2.24) is 4.90 Å². The number of halogens is 1. The molecule has 1 aromatic carbocycles. The summed E-state index contributed by atoms with van der Waals surface area (Å²) in [5, 5.41) is 0. The average molecular weight is 382 g/mol. The van der Waals surface area contributed by atoms with Crippen LogP contribution in [0.4, 0.5) is 5.69 Å². The van der Waals surface area contributed by atoms with E-state index >= 15 is 0 Å². The van der Waals surface area contributed by atoms with Gasteiger partial charge in [-0.05, 0) is 91.0 Å². The number of nitrogens with zero attached hydrogens (tertiary/aromatic N) is 1. The molecule has 20 heavy (non-hydrogen) atoms. The molecule has 1 aromatic rings. The number of rotatable bonds is 0. The van der Waals surface area contributed by atoms with E-state index < -0.39 is 0 Å². The first-order valence-corrected chi connectivity index (χ1v) is 8.98. The molecule has 108 valence electrons. The lowest BCUT2D eigenvalue weighted by atomic mass is 9.52. The van der Waals surface area contributed by atoms with Crippen LogP contribution in [0.25, 0.3) is 0 Å². The lowest BCUT2D eigenvalue weighted by Gasteiger charge is -2.58. The minimum Gasteiger partial charge on any atom is -0.398 e. The van der Waals surface area contributed by atoms with Gasteiger partial charge in [-0.3, -0.25) is 0 Å². The van der Waals surface area contributed by atoms with Gasteiger partial charge in [-0.25, -0.2) is 0 Å². The molecule has 1 heterocycles. The minimum absolute atomic E-state index is 0.446. The third-order valence-electron chi connectivity index (χ3n) is 6.23. The summed E-state index contributed by atoms with van der Waals surface area (Å²) >= 11 is 2.39. The van der Waals surface area contributed by atoms with Crippen LogP contribution in [0.3, 0.4) is 0 Å². The maximum Gasteiger partial charge on any atom is 0.0452 e. The molecule has 1 aliphatic heterocycles. The maximum atomic E-state index is 6.24. The molecule has 0 spiro atoms. The van der Waals surface area contributed by atoms with E-state index in [0.29, 0.717) is 5.41 Å². The van der Waals surface area contributed by atoms with Gasteiger partial charge in [-0.15, -0.1) is 0 Å². The Morgan fingerprint density at radius 2 is 2.15 bits per heavy atom. The van der Waals surface area contributed by atoms with Crippen LogP contribution in [0, 0.1) is 9.49 Å². The summed E-state index contributed by atoms with van der Waals surface area (Å²) in [7, 11) is 2.33. The predicted octanol–water partition coefficient (Wildman–Crippen LogP) is 3.56. The van der Waals surface area contributed by atoms with Crippen LogP contribution >= 0.6 is 22.6 Å². The van der Waals surface area contributed by atoms with Gasteiger partial charge in [0.1, 0.15) is 0 Å². The standard InChI is InChI=1S/C17H23IN2/c1-20-7-6-17-5-3-2-4-12(17)16(20)9-11-8-14(18)15(19)10-13(11)17/h8,10,12,16H,2-7,9,19H2,1H3/t12-,16+,17+/m0/s1. The molecule has 2 bridgehead atoms. The zero-order valence-corrected chi connectivity index (χ0v) is 14.3. The summed E-state index contributed by atoms with van der Waals surface area (Å²) in [6, 6.07) is 5.46. The summed E-state index contributed by atoms with van der Waals surface area (Å²) in [5.41, 5.74) is 10.9.